The van der Waals surface area contributed by atoms with Crippen LogP contribution in [0.15, 0.2) is 65.6 Å². The molecule has 1 aromatic heterocycles. The van der Waals surface area contributed by atoms with Crippen molar-refractivity contribution < 1.29 is 19.0 Å². The molecule has 3 aromatic rings. The van der Waals surface area contributed by atoms with Crippen LogP contribution in [-0.2, 0) is 0 Å². The number of hydrogen-bond donors (Lipinski definition) is 1. The molecule has 1 atom stereocenters. The second kappa shape index (κ2) is 9.33. The van der Waals surface area contributed by atoms with Crippen LogP contribution in [0.3, 0.4) is 0 Å². The van der Waals surface area contributed by atoms with E-state index >= 15 is 4.39 Å². The van der Waals surface area contributed by atoms with Crippen molar-refractivity contribution in [2.24, 2.45) is 5.41 Å². The Kier molecular flexibility index (Phi) is 6.20. The first-order valence-electron chi connectivity index (χ1n) is 12.2. The predicted molar refractivity (Wildman–Crippen MR) is 134 cm³/mol. The van der Waals surface area contributed by atoms with E-state index in [-0.39, 0.29) is 23.5 Å². The maximum atomic E-state index is 15.3. The molecule has 2 aliphatic rings. The van der Waals surface area contributed by atoms with E-state index in [2.05, 4.69) is 13.8 Å². The first kappa shape index (κ1) is 23.9. The van der Waals surface area contributed by atoms with E-state index in [1.54, 1.807) is 11.0 Å². The van der Waals surface area contributed by atoms with Crippen LogP contribution in [0, 0.1) is 11.2 Å². The first-order valence-corrected chi connectivity index (χ1v) is 12.2. The molecular formula is C28H30FN3O4. The monoisotopic (exact) mass is 491 g/mol. The predicted octanol–water partition coefficient (Wildman–Crippen LogP) is 4.42. The zero-order chi connectivity index (χ0) is 25.4. The maximum Gasteiger partial charge on any atom is 0.277 e. The highest BCUT2D eigenvalue weighted by molar-refractivity contribution is 5.96. The number of rotatable bonds is 1. The highest BCUT2D eigenvalue weighted by atomic mass is 19.1. The molecule has 2 bridgehead atoms. The lowest BCUT2D eigenvalue weighted by Gasteiger charge is -2.44. The SMILES string of the molecule is CC1(C)CCCN2CN([C@@H](c3ccccc3)c3cccc(F)c3OCC1)n1ccc(=O)c(O)c1C2=O. The molecule has 0 unspecified atom stereocenters. The molecule has 2 aromatic carbocycles. The van der Waals surface area contributed by atoms with E-state index in [0.717, 1.165) is 24.8 Å². The van der Waals surface area contributed by atoms with Crippen LogP contribution in [0.2, 0.25) is 0 Å². The number of aromatic hydroxyl groups is 1. The Morgan fingerprint density at radius 3 is 2.58 bits per heavy atom. The fourth-order valence-electron chi connectivity index (χ4n) is 5.11. The van der Waals surface area contributed by atoms with Gasteiger partial charge in [0.25, 0.3) is 5.91 Å². The van der Waals surface area contributed by atoms with E-state index in [9.17, 15) is 14.7 Å². The topological polar surface area (TPSA) is 75.0 Å². The Labute approximate surface area is 209 Å². The summed E-state index contributed by atoms with van der Waals surface area (Å²) in [5.74, 6) is -1.30. The molecule has 1 N–H and O–H groups in total. The number of para-hydroxylation sites is 1. The fourth-order valence-corrected chi connectivity index (χ4v) is 5.11. The smallest absolute Gasteiger partial charge is 0.277 e. The van der Waals surface area contributed by atoms with Crippen LogP contribution in [0.25, 0.3) is 0 Å². The molecular weight excluding hydrogens is 461 g/mol. The van der Waals surface area contributed by atoms with E-state index in [4.69, 9.17) is 4.74 Å². The number of hydrogen-bond acceptors (Lipinski definition) is 5. The third-order valence-electron chi connectivity index (χ3n) is 7.15. The van der Waals surface area contributed by atoms with Crippen LogP contribution in [-0.4, -0.2) is 40.4 Å². The molecule has 36 heavy (non-hydrogen) atoms. The average Bonchev–Trinajstić information content (AvgIpc) is 2.86. The van der Waals surface area contributed by atoms with Crippen LogP contribution in [0.5, 0.6) is 11.5 Å². The summed E-state index contributed by atoms with van der Waals surface area (Å²) in [5.41, 5.74) is 0.649. The summed E-state index contributed by atoms with van der Waals surface area (Å²) >= 11 is 0. The van der Waals surface area contributed by atoms with Crippen LogP contribution in [0.4, 0.5) is 4.39 Å². The lowest BCUT2D eigenvalue weighted by molar-refractivity contribution is 0.0669. The summed E-state index contributed by atoms with van der Waals surface area (Å²) in [6.45, 7) is 5.27. The van der Waals surface area contributed by atoms with Gasteiger partial charge in [-0.1, -0.05) is 56.3 Å². The summed E-state index contributed by atoms with van der Waals surface area (Å²) in [4.78, 5) is 27.5. The van der Waals surface area contributed by atoms with Crippen molar-refractivity contribution in [3.05, 3.63) is 93.7 Å². The quantitative estimate of drug-likeness (QED) is 0.545. The second-order valence-corrected chi connectivity index (χ2v) is 10.2. The highest BCUT2D eigenvalue weighted by Crippen LogP contribution is 2.39. The van der Waals surface area contributed by atoms with Crippen LogP contribution < -0.4 is 15.2 Å². The zero-order valence-corrected chi connectivity index (χ0v) is 20.5. The second-order valence-electron chi connectivity index (χ2n) is 10.2. The van der Waals surface area contributed by atoms with Crippen LogP contribution in [0.1, 0.15) is 60.8 Å². The molecule has 0 saturated carbocycles. The Hall–Kier alpha value is -3.81. The Balaban J connectivity index is 1.76. The van der Waals surface area contributed by atoms with Crippen molar-refractivity contribution in [2.45, 2.75) is 39.2 Å². The summed E-state index contributed by atoms with van der Waals surface area (Å²) < 4.78 is 22.9. The van der Waals surface area contributed by atoms with Gasteiger partial charge in [0.15, 0.2) is 23.0 Å². The first-order chi connectivity index (χ1) is 17.3. The van der Waals surface area contributed by atoms with E-state index in [1.165, 1.54) is 23.0 Å². The third-order valence-corrected chi connectivity index (χ3v) is 7.15. The van der Waals surface area contributed by atoms with Crippen molar-refractivity contribution in [2.75, 3.05) is 24.8 Å². The molecule has 5 rings (SSSR count). The molecule has 2 aliphatic heterocycles. The van der Waals surface area contributed by atoms with Crippen molar-refractivity contribution >= 4 is 5.91 Å². The number of amides is 1. The number of ether oxygens (including phenoxy) is 1. The fraction of sp³-hybridized carbons (Fsp3) is 0.357. The summed E-state index contributed by atoms with van der Waals surface area (Å²) in [7, 11) is 0. The molecule has 7 nitrogen and oxygen atoms in total. The number of halogens is 1. The molecule has 0 fully saturated rings. The molecule has 3 heterocycles. The van der Waals surface area contributed by atoms with Crippen molar-refractivity contribution in [1.29, 1.82) is 0 Å². The van der Waals surface area contributed by atoms with E-state index < -0.39 is 28.9 Å². The average molecular weight is 492 g/mol. The van der Waals surface area contributed by atoms with Gasteiger partial charge in [-0.3, -0.25) is 19.3 Å². The minimum atomic E-state index is -0.624. The van der Waals surface area contributed by atoms with Gasteiger partial charge in [-0.05, 0) is 36.3 Å². The minimum Gasteiger partial charge on any atom is -0.502 e. The molecule has 0 radical (unpaired) electrons. The van der Waals surface area contributed by atoms with Crippen molar-refractivity contribution in [1.82, 2.24) is 9.58 Å². The van der Waals surface area contributed by atoms with Gasteiger partial charge in [-0.25, -0.2) is 4.39 Å². The number of carbonyl (C=O) groups is 1. The number of benzene rings is 2. The molecule has 0 saturated heterocycles. The van der Waals surface area contributed by atoms with Gasteiger partial charge in [0, 0.05) is 24.4 Å². The van der Waals surface area contributed by atoms with Gasteiger partial charge < -0.3 is 14.7 Å². The van der Waals surface area contributed by atoms with Gasteiger partial charge in [-0.15, -0.1) is 0 Å². The van der Waals surface area contributed by atoms with Gasteiger partial charge in [0.1, 0.15) is 12.7 Å². The maximum absolute atomic E-state index is 15.3. The minimum absolute atomic E-state index is 0.0756. The zero-order valence-electron chi connectivity index (χ0n) is 20.5. The Morgan fingerprint density at radius 1 is 1.03 bits per heavy atom. The van der Waals surface area contributed by atoms with Gasteiger partial charge in [0.05, 0.1) is 6.61 Å². The highest BCUT2D eigenvalue weighted by Gasteiger charge is 2.38. The third kappa shape index (κ3) is 4.32. The number of pyridine rings is 1. The van der Waals surface area contributed by atoms with Gasteiger partial charge in [-0.2, -0.15) is 0 Å². The number of nitrogens with zero attached hydrogens (tertiary/aromatic N) is 3. The molecule has 8 heteroatoms. The Morgan fingerprint density at radius 2 is 1.81 bits per heavy atom. The summed E-state index contributed by atoms with van der Waals surface area (Å²) in [5, 5.41) is 12.6. The summed E-state index contributed by atoms with van der Waals surface area (Å²) in [6, 6.07) is 15.1. The van der Waals surface area contributed by atoms with Gasteiger partial charge in [0.2, 0.25) is 5.43 Å². The molecule has 0 aliphatic carbocycles. The molecule has 0 spiro atoms. The van der Waals surface area contributed by atoms with Gasteiger partial charge >= 0.3 is 0 Å². The van der Waals surface area contributed by atoms with Crippen molar-refractivity contribution in [3.63, 3.8) is 0 Å². The normalized spacial score (nSPS) is 19.8. The molecule has 1 amide bonds. The largest absolute Gasteiger partial charge is 0.502 e. The number of aromatic nitrogens is 1. The number of carbonyl (C=O) groups excluding carboxylic acids is 1. The van der Waals surface area contributed by atoms with E-state index in [1.807, 2.05) is 41.4 Å². The lowest BCUT2D eigenvalue weighted by atomic mass is 9.84. The number of fused-ring (bicyclic) bond motifs is 5. The van der Waals surface area contributed by atoms with Crippen molar-refractivity contribution in [3.8, 4) is 11.5 Å². The van der Waals surface area contributed by atoms with E-state index in [0.29, 0.717) is 18.7 Å². The molecule has 188 valence electrons. The standard InChI is InChI=1S/C28H30FN3O4/c1-28(2)13-7-15-30-18-32(31-16-12-22(33)25(34)24(31)27(30)35)23(19-8-4-3-5-9-19)20-10-6-11-21(29)26(20)36-17-14-28/h3-6,8-12,16,23,34H,7,13-15,17-18H2,1-2H3/t23-/m0/s1. The van der Waals surface area contributed by atoms with Crippen LogP contribution >= 0.6 is 0 Å². The Bertz CT molecular complexity index is 1340. The lowest BCUT2D eigenvalue weighted by Crippen LogP contribution is -2.55. The summed E-state index contributed by atoms with van der Waals surface area (Å²) in [6.07, 6.45) is 3.79.